The van der Waals surface area contributed by atoms with Crippen molar-refractivity contribution in [3.63, 3.8) is 0 Å². The van der Waals surface area contributed by atoms with Crippen molar-refractivity contribution in [1.29, 1.82) is 0 Å². The molecule has 3 heteroatoms. The summed E-state index contributed by atoms with van der Waals surface area (Å²) in [5.74, 6) is -1.18. The molecular weight excluding hydrogens is 132 g/mol. The molecule has 1 unspecified atom stereocenters. The molecule has 0 aromatic heterocycles. The Kier molecular flexibility index (Phi) is 3.54. The molecule has 0 aliphatic heterocycles. The fourth-order valence-corrected chi connectivity index (χ4v) is 0.507. The molecule has 1 atom stereocenters. The minimum absolute atomic E-state index is 0.0492. The van der Waals surface area contributed by atoms with Crippen molar-refractivity contribution in [3.8, 4) is 0 Å². The van der Waals surface area contributed by atoms with Gasteiger partial charge in [0, 0.05) is 6.42 Å². The van der Waals surface area contributed by atoms with Gasteiger partial charge in [0.2, 0.25) is 0 Å². The maximum atomic E-state index is 10.2. The van der Waals surface area contributed by atoms with Crippen LogP contribution in [-0.4, -0.2) is 16.2 Å². The quantitative estimate of drug-likeness (QED) is 0.588. The van der Waals surface area contributed by atoms with Crippen molar-refractivity contribution < 1.29 is 15.0 Å². The predicted octanol–water partition coefficient (Wildman–Crippen LogP) is 1.56. The summed E-state index contributed by atoms with van der Waals surface area (Å²) in [4.78, 5) is 10.2. The number of hydrogen-bond acceptors (Lipinski definition) is 2. The normalized spacial score (nSPS) is 12.5. The van der Waals surface area contributed by atoms with Crippen molar-refractivity contribution in [1.82, 2.24) is 0 Å². The van der Waals surface area contributed by atoms with Crippen molar-refractivity contribution in [2.45, 2.75) is 19.8 Å². The summed E-state index contributed by atoms with van der Waals surface area (Å²) >= 11 is 0. The third-order valence-corrected chi connectivity index (χ3v) is 1.29. The number of hydrogen-bond donors (Lipinski definition) is 2. The summed E-state index contributed by atoms with van der Waals surface area (Å²) < 4.78 is 0. The molecule has 0 bridgehead atoms. The Hall–Kier alpha value is -0.990. The van der Waals surface area contributed by atoms with E-state index in [4.69, 9.17) is 10.2 Å². The molecule has 0 fully saturated rings. The summed E-state index contributed by atoms with van der Waals surface area (Å²) in [6, 6.07) is 0. The van der Waals surface area contributed by atoms with Gasteiger partial charge in [-0.15, -0.1) is 0 Å². The zero-order valence-corrected chi connectivity index (χ0v) is 6.00. The smallest absolute Gasteiger partial charge is 0.306 e. The molecule has 0 aromatic rings. The topological polar surface area (TPSA) is 57.5 Å². The molecule has 0 aliphatic carbocycles. The van der Waals surface area contributed by atoms with E-state index in [0.29, 0.717) is 12.8 Å². The van der Waals surface area contributed by atoms with E-state index in [1.165, 1.54) is 0 Å². The van der Waals surface area contributed by atoms with Gasteiger partial charge in [-0.05, 0) is 6.42 Å². The number of carbonyl (C=O) groups is 1. The van der Waals surface area contributed by atoms with E-state index < -0.39 is 11.9 Å². The van der Waals surface area contributed by atoms with Gasteiger partial charge in [0.25, 0.3) is 0 Å². The van der Waals surface area contributed by atoms with Crippen LogP contribution in [0.3, 0.4) is 0 Å². The Balaban J connectivity index is 3.49. The van der Waals surface area contributed by atoms with Crippen LogP contribution >= 0.6 is 0 Å². The van der Waals surface area contributed by atoms with Crippen LogP contribution in [0, 0.1) is 5.92 Å². The maximum Gasteiger partial charge on any atom is 0.306 e. The summed E-state index contributed by atoms with van der Waals surface area (Å²) in [7, 11) is 0. The first kappa shape index (κ1) is 9.01. The molecule has 0 saturated heterocycles. The zero-order chi connectivity index (χ0) is 8.15. The number of aliphatic carboxylic acids is 1. The summed E-state index contributed by atoms with van der Waals surface area (Å²) in [6.45, 7) is 4.85. The molecule has 0 aliphatic rings. The lowest BCUT2D eigenvalue weighted by Crippen LogP contribution is -2.09. The Morgan fingerprint density at radius 3 is 2.40 bits per heavy atom. The molecule has 0 heterocycles. The van der Waals surface area contributed by atoms with E-state index in [9.17, 15) is 4.79 Å². The number of aliphatic hydroxyl groups excluding tert-OH is 1. The van der Waals surface area contributed by atoms with E-state index >= 15 is 0 Å². The molecule has 0 spiro atoms. The van der Waals surface area contributed by atoms with E-state index in [0.717, 1.165) is 0 Å². The second kappa shape index (κ2) is 3.93. The molecule has 0 radical (unpaired) electrons. The summed E-state index contributed by atoms with van der Waals surface area (Å²) in [5, 5.41) is 17.0. The molecule has 0 aromatic carbocycles. The van der Waals surface area contributed by atoms with Crippen molar-refractivity contribution >= 4 is 5.97 Å². The number of rotatable bonds is 4. The van der Waals surface area contributed by atoms with Gasteiger partial charge in [0.15, 0.2) is 0 Å². The highest BCUT2D eigenvalue weighted by Crippen LogP contribution is 2.08. The Morgan fingerprint density at radius 1 is 1.60 bits per heavy atom. The van der Waals surface area contributed by atoms with Gasteiger partial charge >= 0.3 is 5.97 Å². The van der Waals surface area contributed by atoms with Crippen molar-refractivity contribution in [2.75, 3.05) is 0 Å². The fraction of sp³-hybridized carbons (Fsp3) is 0.571. The largest absolute Gasteiger partial charge is 0.513 e. The van der Waals surface area contributed by atoms with Crippen LogP contribution < -0.4 is 0 Å². The molecule has 0 saturated carbocycles. The predicted molar refractivity (Wildman–Crippen MR) is 37.8 cm³/mol. The molecular formula is C7H12O3. The average Bonchev–Trinajstić information content (AvgIpc) is 1.82. The zero-order valence-electron chi connectivity index (χ0n) is 6.00. The first-order chi connectivity index (χ1) is 4.54. The number of aliphatic hydroxyl groups is 1. The van der Waals surface area contributed by atoms with Gasteiger partial charge in [-0.2, -0.15) is 0 Å². The Labute approximate surface area is 60.0 Å². The van der Waals surface area contributed by atoms with Gasteiger partial charge in [-0.3, -0.25) is 4.79 Å². The maximum absolute atomic E-state index is 10.2. The summed E-state index contributed by atoms with van der Waals surface area (Å²) in [6.07, 6.45) is 0.818. The number of carboxylic acids is 1. The second-order valence-electron chi connectivity index (χ2n) is 2.34. The molecule has 10 heavy (non-hydrogen) atoms. The lowest BCUT2D eigenvalue weighted by atomic mass is 10.1. The molecule has 58 valence electrons. The molecule has 0 amide bonds. The molecule has 3 nitrogen and oxygen atoms in total. The monoisotopic (exact) mass is 144 g/mol. The lowest BCUT2D eigenvalue weighted by Gasteiger charge is -2.03. The number of carboxylic acid groups (broad SMARTS) is 1. The van der Waals surface area contributed by atoms with Crippen LogP contribution in [0.5, 0.6) is 0 Å². The Morgan fingerprint density at radius 2 is 2.10 bits per heavy atom. The molecule has 2 N–H and O–H groups in total. The third kappa shape index (κ3) is 3.95. The first-order valence-electron chi connectivity index (χ1n) is 3.13. The lowest BCUT2D eigenvalue weighted by molar-refractivity contribution is -0.141. The van der Waals surface area contributed by atoms with Gasteiger partial charge in [0.05, 0.1) is 11.7 Å². The number of allylic oxidation sites excluding steroid dienone is 1. The highest BCUT2D eigenvalue weighted by Gasteiger charge is 2.09. The minimum atomic E-state index is -0.832. The van der Waals surface area contributed by atoms with Crippen LogP contribution in [0.2, 0.25) is 0 Å². The van der Waals surface area contributed by atoms with Crippen LogP contribution in [0.4, 0.5) is 0 Å². The molecule has 0 rings (SSSR count). The first-order valence-corrected chi connectivity index (χ1v) is 3.13. The van der Waals surface area contributed by atoms with Crippen LogP contribution in [0.25, 0.3) is 0 Å². The standard InChI is InChI=1S/C7H12O3/c1-5(7(9)10)3-4-6(2)8/h5,8H,2-4H2,1H3,(H,9,10). The van der Waals surface area contributed by atoms with E-state index in [2.05, 4.69) is 6.58 Å². The van der Waals surface area contributed by atoms with Gasteiger partial charge < -0.3 is 10.2 Å². The van der Waals surface area contributed by atoms with Crippen molar-refractivity contribution in [3.05, 3.63) is 12.3 Å². The van der Waals surface area contributed by atoms with E-state index in [-0.39, 0.29) is 5.76 Å². The fourth-order valence-electron chi connectivity index (χ4n) is 0.507. The van der Waals surface area contributed by atoms with Gasteiger partial charge in [-0.25, -0.2) is 0 Å². The second-order valence-corrected chi connectivity index (χ2v) is 2.34. The Bertz CT molecular complexity index is 140. The van der Waals surface area contributed by atoms with E-state index in [1.807, 2.05) is 0 Å². The SMILES string of the molecule is C=C(O)CCC(C)C(=O)O. The van der Waals surface area contributed by atoms with Gasteiger partial charge in [0.1, 0.15) is 0 Å². The summed E-state index contributed by atoms with van der Waals surface area (Å²) in [5.41, 5.74) is 0. The minimum Gasteiger partial charge on any atom is -0.513 e. The highest BCUT2D eigenvalue weighted by atomic mass is 16.4. The third-order valence-electron chi connectivity index (χ3n) is 1.29. The highest BCUT2D eigenvalue weighted by molar-refractivity contribution is 5.69. The van der Waals surface area contributed by atoms with Crippen LogP contribution in [-0.2, 0) is 4.79 Å². The average molecular weight is 144 g/mol. The van der Waals surface area contributed by atoms with Crippen LogP contribution in [0.15, 0.2) is 12.3 Å². The van der Waals surface area contributed by atoms with Crippen LogP contribution in [0.1, 0.15) is 19.8 Å². The van der Waals surface area contributed by atoms with Crippen molar-refractivity contribution in [2.24, 2.45) is 5.92 Å². The van der Waals surface area contributed by atoms with E-state index in [1.54, 1.807) is 6.92 Å². The van der Waals surface area contributed by atoms with Gasteiger partial charge in [-0.1, -0.05) is 13.5 Å².